The van der Waals surface area contributed by atoms with Crippen molar-refractivity contribution in [2.75, 3.05) is 12.8 Å². The summed E-state index contributed by atoms with van der Waals surface area (Å²) in [5.74, 6) is 0.492. The number of rotatable bonds is 2. The third-order valence-corrected chi connectivity index (χ3v) is 2.35. The van der Waals surface area contributed by atoms with E-state index in [1.54, 1.807) is 29.9 Å². The van der Waals surface area contributed by atoms with Crippen LogP contribution in [0.5, 0.6) is 5.75 Å². The van der Waals surface area contributed by atoms with E-state index in [2.05, 4.69) is 5.10 Å². The molecular formula is C11H12FN3O. The molecule has 2 N–H and O–H groups in total. The van der Waals surface area contributed by atoms with Crippen LogP contribution in [-0.4, -0.2) is 16.9 Å². The van der Waals surface area contributed by atoms with Crippen LogP contribution in [-0.2, 0) is 7.05 Å². The molecule has 0 saturated heterocycles. The third-order valence-electron chi connectivity index (χ3n) is 2.35. The van der Waals surface area contributed by atoms with Crippen LogP contribution < -0.4 is 10.5 Å². The Morgan fingerprint density at radius 2 is 2.12 bits per heavy atom. The molecule has 1 aromatic carbocycles. The quantitative estimate of drug-likeness (QED) is 0.841. The lowest BCUT2D eigenvalue weighted by Gasteiger charge is -2.05. The summed E-state index contributed by atoms with van der Waals surface area (Å²) in [6, 6.07) is 6.30. The second-order valence-electron chi connectivity index (χ2n) is 3.42. The van der Waals surface area contributed by atoms with Gasteiger partial charge in [-0.1, -0.05) is 0 Å². The van der Waals surface area contributed by atoms with Gasteiger partial charge in [0.25, 0.3) is 0 Å². The first-order valence-corrected chi connectivity index (χ1v) is 4.75. The van der Waals surface area contributed by atoms with Gasteiger partial charge in [-0.2, -0.15) is 5.10 Å². The average molecular weight is 221 g/mol. The number of anilines is 1. The highest BCUT2D eigenvalue weighted by Crippen LogP contribution is 2.26. The molecule has 1 heterocycles. The van der Waals surface area contributed by atoms with Gasteiger partial charge in [-0.25, -0.2) is 4.39 Å². The molecule has 0 radical (unpaired) electrons. The summed E-state index contributed by atoms with van der Waals surface area (Å²) in [6.07, 6.45) is 0. The first kappa shape index (κ1) is 10.5. The molecule has 0 saturated carbocycles. The lowest BCUT2D eigenvalue weighted by Crippen LogP contribution is -1.96. The average Bonchev–Trinajstić information content (AvgIpc) is 2.57. The molecule has 0 atom stereocenters. The first-order chi connectivity index (χ1) is 7.61. The highest BCUT2D eigenvalue weighted by molar-refractivity contribution is 5.64. The number of hydrogen-bond acceptors (Lipinski definition) is 3. The summed E-state index contributed by atoms with van der Waals surface area (Å²) in [5, 5.41) is 3.97. The number of ether oxygens (including phenoxy) is 1. The van der Waals surface area contributed by atoms with Gasteiger partial charge >= 0.3 is 0 Å². The van der Waals surface area contributed by atoms with Crippen LogP contribution in [0.25, 0.3) is 11.3 Å². The van der Waals surface area contributed by atoms with Gasteiger partial charge in [-0.3, -0.25) is 4.68 Å². The van der Waals surface area contributed by atoms with Crippen molar-refractivity contribution in [2.45, 2.75) is 0 Å². The van der Waals surface area contributed by atoms with Crippen molar-refractivity contribution in [3.63, 3.8) is 0 Å². The zero-order valence-electron chi connectivity index (χ0n) is 9.07. The molecule has 84 valence electrons. The lowest BCUT2D eigenvalue weighted by atomic mass is 10.1. The highest BCUT2D eigenvalue weighted by atomic mass is 19.1. The molecule has 0 aliphatic heterocycles. The third kappa shape index (κ3) is 1.71. The van der Waals surface area contributed by atoms with E-state index in [1.807, 2.05) is 0 Å². The van der Waals surface area contributed by atoms with E-state index in [4.69, 9.17) is 10.5 Å². The Bertz CT molecular complexity index is 522. The summed E-state index contributed by atoms with van der Waals surface area (Å²) in [6.45, 7) is 0. The van der Waals surface area contributed by atoms with Crippen LogP contribution >= 0.6 is 0 Å². The number of nitrogen functional groups attached to an aromatic ring is 1. The maximum atomic E-state index is 13.8. The number of benzene rings is 1. The van der Waals surface area contributed by atoms with Gasteiger partial charge < -0.3 is 10.5 Å². The Kier molecular flexibility index (Phi) is 2.52. The molecule has 0 fully saturated rings. The van der Waals surface area contributed by atoms with Crippen LogP contribution in [0.4, 0.5) is 10.2 Å². The summed E-state index contributed by atoms with van der Waals surface area (Å²) in [7, 11) is 3.21. The SMILES string of the molecule is COc1ccc(-c2cc(N)nn2C)c(F)c1. The molecule has 5 heteroatoms. The topological polar surface area (TPSA) is 53.1 Å². The van der Waals surface area contributed by atoms with Gasteiger partial charge in [-0.05, 0) is 12.1 Å². The number of methoxy groups -OCH3 is 1. The molecular weight excluding hydrogens is 209 g/mol. The molecule has 1 aromatic heterocycles. The number of nitrogens with two attached hydrogens (primary N) is 1. The van der Waals surface area contributed by atoms with Gasteiger partial charge in [-0.15, -0.1) is 0 Å². The van der Waals surface area contributed by atoms with Crippen molar-refractivity contribution in [1.29, 1.82) is 0 Å². The summed E-state index contributed by atoms with van der Waals surface area (Å²) >= 11 is 0. The van der Waals surface area contributed by atoms with Crippen molar-refractivity contribution in [1.82, 2.24) is 9.78 Å². The van der Waals surface area contributed by atoms with Crippen LogP contribution in [0.1, 0.15) is 0 Å². The fourth-order valence-corrected chi connectivity index (χ4v) is 1.57. The van der Waals surface area contributed by atoms with Crippen molar-refractivity contribution >= 4 is 5.82 Å². The number of aromatic nitrogens is 2. The lowest BCUT2D eigenvalue weighted by molar-refractivity contribution is 0.411. The largest absolute Gasteiger partial charge is 0.497 e. The van der Waals surface area contributed by atoms with Gasteiger partial charge in [0, 0.05) is 24.7 Å². The van der Waals surface area contributed by atoms with Crippen LogP contribution in [0.3, 0.4) is 0 Å². The highest BCUT2D eigenvalue weighted by Gasteiger charge is 2.11. The summed E-state index contributed by atoms with van der Waals surface area (Å²) in [4.78, 5) is 0. The summed E-state index contributed by atoms with van der Waals surface area (Å²) < 4.78 is 20.2. The van der Waals surface area contributed by atoms with E-state index in [0.29, 0.717) is 22.8 Å². The second kappa shape index (κ2) is 3.84. The normalized spacial score (nSPS) is 10.4. The van der Waals surface area contributed by atoms with E-state index in [9.17, 15) is 4.39 Å². The van der Waals surface area contributed by atoms with Gasteiger partial charge in [0.15, 0.2) is 0 Å². The Balaban J connectivity index is 2.52. The molecule has 16 heavy (non-hydrogen) atoms. The molecule has 0 bridgehead atoms. The predicted molar refractivity (Wildman–Crippen MR) is 59.6 cm³/mol. The van der Waals surface area contributed by atoms with Gasteiger partial charge in [0.2, 0.25) is 0 Å². The minimum atomic E-state index is -0.359. The molecule has 4 nitrogen and oxygen atoms in total. The standard InChI is InChI=1S/C11H12FN3O/c1-15-10(6-11(13)14-15)8-4-3-7(16-2)5-9(8)12/h3-6H,1-2H3,(H2,13,14). The molecule has 2 rings (SSSR count). The Morgan fingerprint density at radius 3 is 2.62 bits per heavy atom. The minimum absolute atomic E-state index is 0.359. The van der Waals surface area contributed by atoms with Crippen molar-refractivity contribution in [2.24, 2.45) is 7.05 Å². The molecule has 0 amide bonds. The number of hydrogen-bond donors (Lipinski definition) is 1. The van der Waals surface area contributed by atoms with E-state index in [1.165, 1.54) is 13.2 Å². The fourth-order valence-electron chi connectivity index (χ4n) is 1.57. The van der Waals surface area contributed by atoms with Crippen LogP contribution in [0.15, 0.2) is 24.3 Å². The zero-order chi connectivity index (χ0) is 11.7. The maximum Gasteiger partial charge on any atom is 0.146 e. The first-order valence-electron chi connectivity index (χ1n) is 4.75. The van der Waals surface area contributed by atoms with E-state index in [0.717, 1.165) is 0 Å². The monoisotopic (exact) mass is 221 g/mol. The van der Waals surface area contributed by atoms with Crippen molar-refractivity contribution in [3.05, 3.63) is 30.1 Å². The smallest absolute Gasteiger partial charge is 0.146 e. The predicted octanol–water partition coefficient (Wildman–Crippen LogP) is 1.82. The van der Waals surface area contributed by atoms with E-state index in [-0.39, 0.29) is 5.82 Å². The molecule has 2 aromatic rings. The zero-order valence-corrected chi connectivity index (χ0v) is 9.07. The molecule has 0 spiro atoms. The Labute approximate surface area is 92.4 Å². The fraction of sp³-hybridized carbons (Fsp3) is 0.182. The second-order valence-corrected chi connectivity index (χ2v) is 3.42. The van der Waals surface area contributed by atoms with Crippen molar-refractivity contribution in [3.8, 4) is 17.0 Å². The van der Waals surface area contributed by atoms with E-state index >= 15 is 0 Å². The van der Waals surface area contributed by atoms with Crippen molar-refractivity contribution < 1.29 is 9.13 Å². The van der Waals surface area contributed by atoms with Gasteiger partial charge in [0.05, 0.1) is 12.8 Å². The summed E-state index contributed by atoms with van der Waals surface area (Å²) in [5.41, 5.74) is 6.63. The van der Waals surface area contributed by atoms with Crippen LogP contribution in [0.2, 0.25) is 0 Å². The van der Waals surface area contributed by atoms with E-state index < -0.39 is 0 Å². The molecule has 0 aliphatic rings. The molecule has 0 unspecified atom stereocenters. The maximum absolute atomic E-state index is 13.8. The Hall–Kier alpha value is -2.04. The van der Waals surface area contributed by atoms with Crippen LogP contribution in [0, 0.1) is 5.82 Å². The van der Waals surface area contributed by atoms with Gasteiger partial charge in [0.1, 0.15) is 17.4 Å². The number of halogens is 1. The Morgan fingerprint density at radius 1 is 1.38 bits per heavy atom. The number of nitrogens with zero attached hydrogens (tertiary/aromatic N) is 2. The minimum Gasteiger partial charge on any atom is -0.497 e. The number of aryl methyl sites for hydroxylation is 1. The molecule has 0 aliphatic carbocycles.